The van der Waals surface area contributed by atoms with Gasteiger partial charge in [-0.25, -0.2) is 0 Å². The summed E-state index contributed by atoms with van der Waals surface area (Å²) in [5.74, 6) is 0. The molecule has 0 saturated carbocycles. The summed E-state index contributed by atoms with van der Waals surface area (Å²) in [5.41, 5.74) is 0. The summed E-state index contributed by atoms with van der Waals surface area (Å²) in [6.45, 7) is 8.25. The highest BCUT2D eigenvalue weighted by molar-refractivity contribution is 6.99. The number of hydrogen-bond donors (Lipinski definition) is 2. The second kappa shape index (κ2) is 8.05. The first-order valence-electron chi connectivity index (χ1n) is 9.60. The number of β-amino-alcohol motifs (C(OH)–C–C–N with tert-alkyl or cyclic N) is 1. The summed E-state index contributed by atoms with van der Waals surface area (Å²) in [7, 11) is -2.45. The van der Waals surface area contributed by atoms with Crippen LogP contribution < -0.4 is 15.7 Å². The number of aliphatic hydroxyl groups excluding tert-OH is 1. The number of aliphatic hydroxyl groups is 1. The van der Waals surface area contributed by atoms with Crippen LogP contribution in [0.25, 0.3) is 0 Å². The van der Waals surface area contributed by atoms with Crippen LogP contribution in [0.1, 0.15) is 33.6 Å². The Hall–Kier alpha value is -1.46. The van der Waals surface area contributed by atoms with Crippen molar-refractivity contribution in [3.05, 3.63) is 60.7 Å². The Labute approximate surface area is 158 Å². The van der Waals surface area contributed by atoms with Crippen LogP contribution in [-0.2, 0) is 4.43 Å². The average Bonchev–Trinajstić information content (AvgIpc) is 2.64. The minimum absolute atomic E-state index is 0.00386. The Morgan fingerprint density at radius 1 is 0.962 bits per heavy atom. The van der Waals surface area contributed by atoms with Crippen LogP contribution in [0.2, 0.25) is 5.04 Å². The molecule has 1 saturated heterocycles. The van der Waals surface area contributed by atoms with Crippen molar-refractivity contribution in [2.45, 2.75) is 50.8 Å². The second-order valence-electron chi connectivity index (χ2n) is 8.31. The van der Waals surface area contributed by atoms with Crippen molar-refractivity contribution in [2.24, 2.45) is 0 Å². The molecule has 1 aliphatic heterocycles. The fourth-order valence-corrected chi connectivity index (χ4v) is 8.64. The van der Waals surface area contributed by atoms with Crippen molar-refractivity contribution in [2.75, 3.05) is 13.2 Å². The predicted octanol–water partition coefficient (Wildman–Crippen LogP) is 2.68. The summed E-state index contributed by atoms with van der Waals surface area (Å²) >= 11 is 0. The number of benzene rings is 2. The van der Waals surface area contributed by atoms with Crippen LogP contribution in [0.5, 0.6) is 0 Å². The first kappa shape index (κ1) is 19.3. The molecule has 0 bridgehead atoms. The summed E-state index contributed by atoms with van der Waals surface area (Å²) in [6, 6.07) is 21.8. The van der Waals surface area contributed by atoms with Crippen LogP contribution in [0.4, 0.5) is 0 Å². The molecule has 1 unspecified atom stereocenters. The smallest absolute Gasteiger partial charge is 0.261 e. The minimum atomic E-state index is -2.45. The zero-order valence-electron chi connectivity index (χ0n) is 16.1. The molecule has 4 heteroatoms. The molecule has 1 heterocycles. The Balaban J connectivity index is 1.97. The van der Waals surface area contributed by atoms with E-state index in [1.54, 1.807) is 0 Å². The van der Waals surface area contributed by atoms with Crippen LogP contribution in [-0.4, -0.2) is 38.7 Å². The van der Waals surface area contributed by atoms with Gasteiger partial charge in [-0.3, -0.25) is 0 Å². The average molecular weight is 370 g/mol. The van der Waals surface area contributed by atoms with Crippen molar-refractivity contribution in [3.63, 3.8) is 0 Å². The zero-order chi connectivity index (χ0) is 18.6. The van der Waals surface area contributed by atoms with Gasteiger partial charge in [0.15, 0.2) is 0 Å². The van der Waals surface area contributed by atoms with E-state index in [4.69, 9.17) is 4.43 Å². The molecule has 3 nitrogen and oxygen atoms in total. The largest absolute Gasteiger partial charge is 0.406 e. The Kier molecular flexibility index (Phi) is 5.98. The van der Waals surface area contributed by atoms with E-state index in [1.807, 2.05) is 0 Å². The molecular weight excluding hydrogens is 338 g/mol. The summed E-state index contributed by atoms with van der Waals surface area (Å²) in [5, 5.41) is 15.8. The lowest BCUT2D eigenvalue weighted by molar-refractivity contribution is 0.110. The van der Waals surface area contributed by atoms with Gasteiger partial charge in [-0.15, -0.1) is 0 Å². The molecule has 0 aliphatic carbocycles. The van der Waals surface area contributed by atoms with E-state index in [2.05, 4.69) is 86.8 Å². The molecule has 0 radical (unpaired) electrons. The Bertz CT molecular complexity index is 637. The van der Waals surface area contributed by atoms with Gasteiger partial charge in [0.2, 0.25) is 0 Å². The van der Waals surface area contributed by atoms with Gasteiger partial charge in [0.05, 0.1) is 12.7 Å². The predicted molar refractivity (Wildman–Crippen MR) is 111 cm³/mol. The Morgan fingerprint density at radius 3 is 1.92 bits per heavy atom. The van der Waals surface area contributed by atoms with Gasteiger partial charge >= 0.3 is 0 Å². The SMILES string of the molecule is CC(C)(C)[Si](OC[C@H]1CCC(O)CN1)(c1ccccc1)c1ccccc1. The molecule has 0 aromatic heterocycles. The van der Waals surface area contributed by atoms with Gasteiger partial charge < -0.3 is 14.8 Å². The van der Waals surface area contributed by atoms with E-state index in [1.165, 1.54) is 10.4 Å². The molecule has 3 rings (SSSR count). The van der Waals surface area contributed by atoms with E-state index in [9.17, 15) is 5.11 Å². The maximum Gasteiger partial charge on any atom is 0.261 e. The third-order valence-corrected chi connectivity index (χ3v) is 10.4. The monoisotopic (exact) mass is 369 g/mol. The highest BCUT2D eigenvalue weighted by Gasteiger charge is 2.50. The van der Waals surface area contributed by atoms with Crippen molar-refractivity contribution < 1.29 is 9.53 Å². The molecule has 2 aromatic carbocycles. The van der Waals surface area contributed by atoms with Crippen LogP contribution >= 0.6 is 0 Å². The first-order valence-corrected chi connectivity index (χ1v) is 11.5. The molecule has 1 aliphatic rings. The molecule has 140 valence electrons. The lowest BCUT2D eigenvalue weighted by atomic mass is 10.0. The molecule has 1 fully saturated rings. The fourth-order valence-electron chi connectivity index (χ4n) is 4.03. The molecule has 2 aromatic rings. The zero-order valence-corrected chi connectivity index (χ0v) is 17.1. The van der Waals surface area contributed by atoms with Crippen LogP contribution in [0.3, 0.4) is 0 Å². The summed E-state index contributed by atoms with van der Waals surface area (Å²) in [6.07, 6.45) is 1.58. The van der Waals surface area contributed by atoms with Crippen LogP contribution in [0, 0.1) is 0 Å². The van der Waals surface area contributed by atoms with Crippen LogP contribution in [0.15, 0.2) is 60.7 Å². The van der Waals surface area contributed by atoms with Gasteiger partial charge in [-0.2, -0.15) is 0 Å². The molecule has 2 N–H and O–H groups in total. The van der Waals surface area contributed by atoms with Gasteiger partial charge in [0.25, 0.3) is 8.32 Å². The summed E-state index contributed by atoms with van der Waals surface area (Å²) < 4.78 is 6.94. The molecule has 26 heavy (non-hydrogen) atoms. The van der Waals surface area contributed by atoms with Crippen molar-refractivity contribution in [3.8, 4) is 0 Å². The third kappa shape index (κ3) is 3.94. The second-order valence-corrected chi connectivity index (χ2v) is 12.6. The fraction of sp³-hybridized carbons (Fsp3) is 0.455. The van der Waals surface area contributed by atoms with E-state index >= 15 is 0 Å². The standard InChI is InChI=1S/C22H31NO2Si/c1-22(2,3)26(20-10-6-4-7-11-20,21-12-8-5-9-13-21)25-17-18-14-15-19(24)16-23-18/h4-13,18-19,23-24H,14-17H2,1-3H3/t18-,19?/m1/s1. The number of nitrogens with one attached hydrogen (secondary N) is 1. The lowest BCUT2D eigenvalue weighted by Gasteiger charge is -2.44. The topological polar surface area (TPSA) is 41.5 Å². The highest BCUT2D eigenvalue weighted by atomic mass is 28.4. The van der Waals surface area contributed by atoms with Gasteiger partial charge in [0.1, 0.15) is 0 Å². The van der Waals surface area contributed by atoms with Gasteiger partial charge in [0, 0.05) is 12.6 Å². The first-order chi connectivity index (χ1) is 12.4. The van der Waals surface area contributed by atoms with E-state index < -0.39 is 8.32 Å². The van der Waals surface area contributed by atoms with Gasteiger partial charge in [-0.05, 0) is 28.3 Å². The molecule has 2 atom stereocenters. The number of rotatable bonds is 5. The minimum Gasteiger partial charge on any atom is -0.406 e. The number of piperidine rings is 1. The Morgan fingerprint density at radius 2 is 1.50 bits per heavy atom. The maximum atomic E-state index is 9.75. The van der Waals surface area contributed by atoms with E-state index in [0.29, 0.717) is 19.2 Å². The molecular formula is C22H31NO2Si. The van der Waals surface area contributed by atoms with Crippen molar-refractivity contribution in [1.82, 2.24) is 5.32 Å². The highest BCUT2D eigenvalue weighted by Crippen LogP contribution is 2.36. The normalized spacial score (nSPS) is 21.5. The maximum absolute atomic E-state index is 9.75. The van der Waals surface area contributed by atoms with Crippen molar-refractivity contribution in [1.29, 1.82) is 0 Å². The number of hydrogen-bond acceptors (Lipinski definition) is 3. The van der Waals surface area contributed by atoms with Gasteiger partial charge in [-0.1, -0.05) is 81.4 Å². The molecule has 0 spiro atoms. The van der Waals surface area contributed by atoms with Crippen molar-refractivity contribution >= 4 is 18.7 Å². The van der Waals surface area contributed by atoms with E-state index in [-0.39, 0.29) is 11.1 Å². The summed E-state index contributed by atoms with van der Waals surface area (Å²) in [4.78, 5) is 0. The van der Waals surface area contributed by atoms with E-state index in [0.717, 1.165) is 12.8 Å². The molecule has 0 amide bonds. The lowest BCUT2D eigenvalue weighted by Crippen LogP contribution is -2.67. The third-order valence-electron chi connectivity index (χ3n) is 5.41. The quantitative estimate of drug-likeness (QED) is 0.796.